The minimum atomic E-state index is -1.02. The zero-order valence-electron chi connectivity index (χ0n) is 22.9. The Hall–Kier alpha value is -4.80. The lowest BCUT2D eigenvalue weighted by molar-refractivity contribution is -0.135. The first-order valence-corrected chi connectivity index (χ1v) is 14.2. The largest absolute Gasteiger partial charge is 0.369 e. The molecule has 1 amide bonds. The molecule has 41 heavy (non-hydrogen) atoms. The number of thiophene rings is 1. The average Bonchev–Trinajstić information content (AvgIpc) is 3.51. The normalized spacial score (nSPS) is 19.5. The van der Waals surface area contributed by atoms with Crippen LogP contribution in [0.2, 0.25) is 0 Å². The van der Waals surface area contributed by atoms with Crippen molar-refractivity contribution in [3.05, 3.63) is 124 Å². The number of ketones is 1. The fraction of sp³-hybridized carbons (Fsp3) is 0.176. The highest BCUT2D eigenvalue weighted by Gasteiger charge is 2.51. The van der Waals surface area contributed by atoms with Gasteiger partial charge in [0.1, 0.15) is 5.54 Å². The van der Waals surface area contributed by atoms with Gasteiger partial charge in [-0.15, -0.1) is 11.3 Å². The van der Waals surface area contributed by atoms with Gasteiger partial charge in [-0.3, -0.25) is 14.5 Å². The van der Waals surface area contributed by atoms with Crippen LogP contribution in [-0.2, 0) is 15.1 Å². The number of benzene rings is 3. The summed E-state index contributed by atoms with van der Waals surface area (Å²) in [6.45, 7) is 1.93. The second-order valence-corrected chi connectivity index (χ2v) is 11.2. The van der Waals surface area contributed by atoms with Gasteiger partial charge < -0.3 is 5.73 Å². The molecular weight excluding hydrogens is 528 g/mol. The van der Waals surface area contributed by atoms with Crippen LogP contribution >= 0.6 is 11.3 Å². The first kappa shape index (κ1) is 27.8. The summed E-state index contributed by atoms with van der Waals surface area (Å²) in [5.41, 5.74) is 9.51. The van der Waals surface area contributed by atoms with Crippen molar-refractivity contribution in [3.63, 3.8) is 0 Å². The molecule has 2 N–H and O–H groups in total. The van der Waals surface area contributed by atoms with E-state index in [-0.39, 0.29) is 24.1 Å². The number of nitriles is 1. The molecule has 3 atom stereocenters. The van der Waals surface area contributed by atoms with Gasteiger partial charge in [-0.1, -0.05) is 78.9 Å². The number of carbonyl (C=O) groups is 2. The zero-order chi connectivity index (χ0) is 29.0. The number of hydrogen-bond acceptors (Lipinski definition) is 6. The molecular formula is C34H30N4O2S. The summed E-state index contributed by atoms with van der Waals surface area (Å²) in [5, 5.41) is 11.4. The van der Waals surface area contributed by atoms with E-state index in [1.807, 2.05) is 97.2 Å². The first-order valence-electron chi connectivity index (χ1n) is 13.3. The van der Waals surface area contributed by atoms with Crippen LogP contribution < -0.4 is 5.73 Å². The molecule has 2 unspecified atom stereocenters. The third-order valence-corrected chi connectivity index (χ3v) is 8.79. The summed E-state index contributed by atoms with van der Waals surface area (Å²) in [5.74, 6) is -1.27. The number of allylic oxidation sites excluding steroid dienone is 1. The summed E-state index contributed by atoms with van der Waals surface area (Å²) in [4.78, 5) is 34.6. The maximum Gasteiger partial charge on any atom is 0.235 e. The van der Waals surface area contributed by atoms with Crippen molar-refractivity contribution >= 4 is 35.1 Å². The molecule has 0 fully saturated rings. The van der Waals surface area contributed by atoms with Gasteiger partial charge in [0, 0.05) is 24.3 Å². The smallest absolute Gasteiger partial charge is 0.235 e. The third-order valence-electron chi connectivity index (χ3n) is 7.63. The molecule has 204 valence electrons. The van der Waals surface area contributed by atoms with Crippen LogP contribution in [0.15, 0.2) is 107 Å². The highest BCUT2D eigenvalue weighted by molar-refractivity contribution is 7.10. The van der Waals surface area contributed by atoms with Crippen LogP contribution in [0.3, 0.4) is 0 Å². The number of amides is 1. The number of hydrogen-bond donors (Lipinski definition) is 1. The summed E-state index contributed by atoms with van der Waals surface area (Å²) < 4.78 is 0. The third kappa shape index (κ3) is 5.74. The van der Waals surface area contributed by atoms with Gasteiger partial charge in [0.15, 0.2) is 11.7 Å². The molecule has 1 aliphatic rings. The van der Waals surface area contributed by atoms with Crippen LogP contribution in [0.5, 0.6) is 0 Å². The molecule has 3 aromatic carbocycles. The SMILES string of the molecule is CN1C(=O)[C@H](C(CC(=O)/C=C/c2ccccc2)c2ccccc2)C(C)(c2cc(-c3cccc(C#N)c3)cs2)N=C1N. The van der Waals surface area contributed by atoms with E-state index >= 15 is 0 Å². The minimum Gasteiger partial charge on any atom is -0.369 e. The molecule has 0 aliphatic carbocycles. The van der Waals surface area contributed by atoms with Gasteiger partial charge in [-0.2, -0.15) is 5.26 Å². The number of guanidine groups is 1. The number of nitrogens with zero attached hydrogens (tertiary/aromatic N) is 3. The van der Waals surface area contributed by atoms with E-state index in [4.69, 9.17) is 10.7 Å². The summed E-state index contributed by atoms with van der Waals surface area (Å²) in [6, 6.07) is 30.9. The lowest BCUT2D eigenvalue weighted by atomic mass is 9.70. The fourth-order valence-electron chi connectivity index (χ4n) is 5.40. The van der Waals surface area contributed by atoms with Crippen molar-refractivity contribution in [1.29, 1.82) is 5.26 Å². The van der Waals surface area contributed by atoms with E-state index < -0.39 is 17.4 Å². The molecule has 0 spiro atoms. The summed E-state index contributed by atoms with van der Waals surface area (Å²) in [7, 11) is 1.63. The number of carbonyl (C=O) groups excluding carboxylic acids is 2. The molecule has 0 saturated heterocycles. The Balaban J connectivity index is 1.57. The Morgan fingerprint density at radius 3 is 2.49 bits per heavy atom. The van der Waals surface area contributed by atoms with Gasteiger partial charge in [0.25, 0.3) is 0 Å². The van der Waals surface area contributed by atoms with Gasteiger partial charge in [-0.05, 0) is 58.8 Å². The maximum atomic E-state index is 14.1. The molecule has 0 bridgehead atoms. The van der Waals surface area contributed by atoms with Crippen LogP contribution in [0.1, 0.15) is 40.8 Å². The Labute approximate surface area is 244 Å². The van der Waals surface area contributed by atoms with Crippen molar-refractivity contribution in [2.75, 3.05) is 7.05 Å². The fourth-order valence-corrected chi connectivity index (χ4v) is 6.47. The monoisotopic (exact) mass is 558 g/mol. The Morgan fingerprint density at radius 2 is 1.78 bits per heavy atom. The minimum absolute atomic E-state index is 0.0804. The Kier molecular flexibility index (Phi) is 7.95. The molecule has 0 saturated carbocycles. The van der Waals surface area contributed by atoms with Crippen LogP contribution in [-0.4, -0.2) is 29.6 Å². The Bertz CT molecular complexity index is 1670. The molecule has 5 rings (SSSR count). The molecule has 7 heteroatoms. The van der Waals surface area contributed by atoms with Crippen molar-refractivity contribution in [1.82, 2.24) is 4.90 Å². The second kappa shape index (κ2) is 11.7. The molecule has 1 aromatic heterocycles. The molecule has 1 aliphatic heterocycles. The maximum absolute atomic E-state index is 14.1. The zero-order valence-corrected chi connectivity index (χ0v) is 23.7. The lowest BCUT2D eigenvalue weighted by Crippen LogP contribution is -2.55. The molecule has 6 nitrogen and oxygen atoms in total. The first-order chi connectivity index (χ1) is 19.8. The highest BCUT2D eigenvalue weighted by Crippen LogP contribution is 2.49. The molecule has 0 radical (unpaired) electrons. The van der Waals surface area contributed by atoms with Crippen LogP contribution in [0.25, 0.3) is 17.2 Å². The lowest BCUT2D eigenvalue weighted by Gasteiger charge is -2.43. The molecule has 2 heterocycles. The Morgan fingerprint density at radius 1 is 1.07 bits per heavy atom. The standard InChI is InChI=1S/C34H30N4O2S/c1-34(30-19-27(22-41-30)26-15-9-12-24(18-26)21-35)31(32(40)38(2)33(36)37-34)29(25-13-7-4-8-14-25)20-28(39)17-16-23-10-5-3-6-11-23/h3-19,22,29,31H,20H2,1-2H3,(H2,36,37)/b17-16+/t29?,31-,34?/m0/s1. The van der Waals surface area contributed by atoms with Crippen molar-refractivity contribution in [3.8, 4) is 17.2 Å². The van der Waals surface area contributed by atoms with Crippen LogP contribution in [0.4, 0.5) is 0 Å². The van der Waals surface area contributed by atoms with Crippen molar-refractivity contribution in [2.45, 2.75) is 24.8 Å². The van der Waals surface area contributed by atoms with E-state index in [9.17, 15) is 14.9 Å². The number of nitrogens with two attached hydrogens (primary N) is 1. The van der Waals surface area contributed by atoms with E-state index in [1.165, 1.54) is 16.2 Å². The van der Waals surface area contributed by atoms with Crippen molar-refractivity contribution < 1.29 is 9.59 Å². The van der Waals surface area contributed by atoms with Gasteiger partial charge in [0.2, 0.25) is 5.91 Å². The van der Waals surface area contributed by atoms with Crippen molar-refractivity contribution in [2.24, 2.45) is 16.6 Å². The quantitative estimate of drug-likeness (QED) is 0.254. The van der Waals surface area contributed by atoms with E-state index in [0.717, 1.165) is 27.1 Å². The topological polar surface area (TPSA) is 99.5 Å². The number of aliphatic imine (C=N–C) groups is 1. The van der Waals surface area contributed by atoms with Crippen LogP contribution in [0, 0.1) is 17.2 Å². The van der Waals surface area contributed by atoms with E-state index in [0.29, 0.717) is 5.56 Å². The van der Waals surface area contributed by atoms with Gasteiger partial charge in [-0.25, -0.2) is 4.99 Å². The second-order valence-electron chi connectivity index (χ2n) is 10.3. The predicted octanol–water partition coefficient (Wildman–Crippen LogP) is 6.36. The summed E-state index contributed by atoms with van der Waals surface area (Å²) in [6.07, 6.45) is 3.52. The number of rotatable bonds is 8. The average molecular weight is 559 g/mol. The molecule has 4 aromatic rings. The predicted molar refractivity (Wildman–Crippen MR) is 164 cm³/mol. The summed E-state index contributed by atoms with van der Waals surface area (Å²) >= 11 is 1.50. The van der Waals surface area contributed by atoms with E-state index in [2.05, 4.69) is 6.07 Å². The van der Waals surface area contributed by atoms with E-state index in [1.54, 1.807) is 25.3 Å². The van der Waals surface area contributed by atoms with Gasteiger partial charge >= 0.3 is 0 Å². The van der Waals surface area contributed by atoms with Gasteiger partial charge in [0.05, 0.1) is 17.6 Å². The highest BCUT2D eigenvalue weighted by atomic mass is 32.1.